The molecule has 150 valence electrons. The minimum atomic E-state index is -0.999. The molecule has 0 radical (unpaired) electrons. The quantitative estimate of drug-likeness (QED) is 0.240. The molecule has 1 atom stereocenters. The van der Waals surface area contributed by atoms with Gasteiger partial charge in [-0.2, -0.15) is 0 Å². The summed E-state index contributed by atoms with van der Waals surface area (Å²) < 4.78 is 15.5. The summed E-state index contributed by atoms with van der Waals surface area (Å²) in [6, 6.07) is 7.90. The van der Waals surface area contributed by atoms with Crippen LogP contribution in [0.15, 0.2) is 36.4 Å². The smallest absolute Gasteiger partial charge is 0.331 e. The van der Waals surface area contributed by atoms with Crippen LogP contribution in [0.2, 0.25) is 0 Å². The third kappa shape index (κ3) is 4.43. The lowest BCUT2D eigenvalue weighted by atomic mass is 10.0. The highest BCUT2D eigenvalue weighted by molar-refractivity contribution is 6.01. The van der Waals surface area contributed by atoms with E-state index in [1.807, 2.05) is 19.9 Å². The highest BCUT2D eigenvalue weighted by Gasteiger charge is 2.23. The van der Waals surface area contributed by atoms with E-state index in [9.17, 15) is 19.7 Å². The Morgan fingerprint density at radius 1 is 1.14 bits per heavy atom. The van der Waals surface area contributed by atoms with Gasteiger partial charge in [0.25, 0.3) is 5.69 Å². The van der Waals surface area contributed by atoms with Gasteiger partial charge >= 0.3 is 5.97 Å². The van der Waals surface area contributed by atoms with Crippen LogP contribution in [-0.4, -0.2) is 29.6 Å². The SMILES string of the molecule is Cc1ccc(C(=O)[C@H](C)OC(=O)/C=C/c2cc3c(cc2[N+](=O)[O-])OCO3)cc1C. The molecule has 1 aliphatic heterocycles. The largest absolute Gasteiger partial charge is 0.454 e. The van der Waals surface area contributed by atoms with Gasteiger partial charge in [0.1, 0.15) is 0 Å². The molecule has 0 N–H and O–H groups in total. The van der Waals surface area contributed by atoms with Crippen LogP contribution in [0, 0.1) is 24.0 Å². The molecule has 29 heavy (non-hydrogen) atoms. The van der Waals surface area contributed by atoms with Crippen molar-refractivity contribution >= 4 is 23.5 Å². The number of esters is 1. The van der Waals surface area contributed by atoms with Crippen LogP contribution in [0.3, 0.4) is 0 Å². The number of nitro groups is 1. The highest BCUT2D eigenvalue weighted by Crippen LogP contribution is 2.38. The van der Waals surface area contributed by atoms with Crippen molar-refractivity contribution in [2.24, 2.45) is 0 Å². The first-order valence-corrected chi connectivity index (χ1v) is 8.84. The summed E-state index contributed by atoms with van der Waals surface area (Å²) in [6.07, 6.45) is 1.28. The van der Waals surface area contributed by atoms with E-state index in [0.29, 0.717) is 11.3 Å². The monoisotopic (exact) mass is 397 g/mol. The predicted molar refractivity (Wildman–Crippen MR) is 104 cm³/mol. The maximum atomic E-state index is 12.5. The first-order chi connectivity index (χ1) is 13.8. The Hall–Kier alpha value is -3.68. The molecule has 8 heteroatoms. The molecule has 2 aromatic rings. The maximum Gasteiger partial charge on any atom is 0.331 e. The van der Waals surface area contributed by atoms with Crippen LogP contribution in [0.5, 0.6) is 11.5 Å². The molecule has 0 spiro atoms. The summed E-state index contributed by atoms with van der Waals surface area (Å²) in [7, 11) is 0. The van der Waals surface area contributed by atoms with Crippen LogP contribution in [0.1, 0.15) is 34.0 Å². The van der Waals surface area contributed by atoms with Gasteiger partial charge in [-0.25, -0.2) is 4.79 Å². The number of hydrogen-bond acceptors (Lipinski definition) is 7. The summed E-state index contributed by atoms with van der Waals surface area (Å²) >= 11 is 0. The number of ketones is 1. The molecule has 0 unspecified atom stereocenters. The fraction of sp³-hybridized carbons (Fsp3) is 0.238. The summed E-state index contributed by atoms with van der Waals surface area (Å²) in [6.45, 7) is 5.28. The average Bonchev–Trinajstić information content (AvgIpc) is 3.14. The van der Waals surface area contributed by atoms with Crippen molar-refractivity contribution in [3.8, 4) is 11.5 Å². The first kappa shape index (κ1) is 20.1. The normalized spacial score (nSPS) is 13.3. The minimum absolute atomic E-state index is 0.0280. The molecule has 8 nitrogen and oxygen atoms in total. The summed E-state index contributed by atoms with van der Waals surface area (Å²) in [4.78, 5) is 35.3. The van der Waals surface area contributed by atoms with Gasteiger partial charge in [0.05, 0.1) is 16.6 Å². The van der Waals surface area contributed by atoms with Gasteiger partial charge in [-0.05, 0) is 50.1 Å². The van der Waals surface area contributed by atoms with Crippen molar-refractivity contribution in [2.45, 2.75) is 26.9 Å². The third-order valence-electron chi connectivity index (χ3n) is 4.57. The van der Waals surface area contributed by atoms with Crippen molar-refractivity contribution in [1.82, 2.24) is 0 Å². The van der Waals surface area contributed by atoms with Crippen LogP contribution in [-0.2, 0) is 9.53 Å². The Bertz CT molecular complexity index is 1030. The molecule has 0 aromatic heterocycles. The standard InChI is InChI=1S/C21H19NO7/c1-12-4-5-16(8-13(12)2)21(24)14(3)29-20(23)7-6-15-9-18-19(28-11-27-18)10-17(15)22(25)26/h4-10,14H,11H2,1-3H3/b7-6+/t14-/m0/s1. The van der Waals surface area contributed by atoms with Gasteiger partial charge in [-0.1, -0.05) is 12.1 Å². The van der Waals surface area contributed by atoms with E-state index in [1.165, 1.54) is 25.1 Å². The van der Waals surface area contributed by atoms with Crippen molar-refractivity contribution < 1.29 is 28.7 Å². The van der Waals surface area contributed by atoms with Crippen LogP contribution >= 0.6 is 0 Å². The molecule has 0 amide bonds. The number of fused-ring (bicyclic) bond motifs is 1. The van der Waals surface area contributed by atoms with E-state index >= 15 is 0 Å². The zero-order valence-electron chi connectivity index (χ0n) is 16.1. The Morgan fingerprint density at radius 2 is 1.83 bits per heavy atom. The maximum absolute atomic E-state index is 12.5. The molecule has 0 saturated carbocycles. The molecule has 1 heterocycles. The van der Waals surface area contributed by atoms with E-state index in [1.54, 1.807) is 12.1 Å². The molecule has 1 aliphatic rings. The van der Waals surface area contributed by atoms with E-state index in [4.69, 9.17) is 14.2 Å². The molecule has 0 bridgehead atoms. The van der Waals surface area contributed by atoms with Gasteiger partial charge in [0.2, 0.25) is 12.6 Å². The topological polar surface area (TPSA) is 105 Å². The number of aryl methyl sites for hydroxylation is 2. The average molecular weight is 397 g/mol. The number of nitro benzene ring substituents is 1. The number of Topliss-reactive ketones (excluding diaryl/α,β-unsaturated/α-hetero) is 1. The molecular formula is C21H19NO7. The number of benzene rings is 2. The predicted octanol–water partition coefficient (Wildman–Crippen LogP) is 3.77. The van der Waals surface area contributed by atoms with E-state index < -0.39 is 17.0 Å². The second-order valence-electron chi connectivity index (χ2n) is 6.60. The van der Waals surface area contributed by atoms with Crippen molar-refractivity contribution in [1.29, 1.82) is 0 Å². The molecule has 3 rings (SSSR count). The van der Waals surface area contributed by atoms with Gasteiger partial charge in [-0.15, -0.1) is 0 Å². The minimum Gasteiger partial charge on any atom is -0.454 e. The summed E-state index contributed by atoms with van der Waals surface area (Å²) in [5.74, 6) is -0.503. The Labute approximate surface area is 166 Å². The molecule has 0 saturated heterocycles. The van der Waals surface area contributed by atoms with Gasteiger partial charge in [-0.3, -0.25) is 14.9 Å². The highest BCUT2D eigenvalue weighted by atomic mass is 16.7. The number of ether oxygens (including phenoxy) is 3. The van der Waals surface area contributed by atoms with Gasteiger partial charge in [0, 0.05) is 11.6 Å². The number of nitrogens with zero attached hydrogens (tertiary/aromatic N) is 1. The molecular weight excluding hydrogens is 378 g/mol. The molecule has 0 fully saturated rings. The zero-order valence-corrected chi connectivity index (χ0v) is 16.1. The van der Waals surface area contributed by atoms with Crippen molar-refractivity contribution in [3.05, 3.63) is 68.8 Å². The summed E-state index contributed by atoms with van der Waals surface area (Å²) in [5, 5.41) is 11.3. The zero-order chi connectivity index (χ0) is 21.1. The van der Waals surface area contributed by atoms with Crippen LogP contribution < -0.4 is 9.47 Å². The second kappa shape index (κ2) is 8.14. The third-order valence-corrected chi connectivity index (χ3v) is 4.57. The Kier molecular flexibility index (Phi) is 5.63. The van der Waals surface area contributed by atoms with Crippen LogP contribution in [0.4, 0.5) is 5.69 Å². The second-order valence-corrected chi connectivity index (χ2v) is 6.60. The van der Waals surface area contributed by atoms with Crippen molar-refractivity contribution in [2.75, 3.05) is 6.79 Å². The lowest BCUT2D eigenvalue weighted by molar-refractivity contribution is -0.385. The van der Waals surface area contributed by atoms with E-state index in [0.717, 1.165) is 17.2 Å². The lowest BCUT2D eigenvalue weighted by Gasteiger charge is -2.12. The lowest BCUT2D eigenvalue weighted by Crippen LogP contribution is -2.23. The Morgan fingerprint density at radius 3 is 2.48 bits per heavy atom. The fourth-order valence-corrected chi connectivity index (χ4v) is 2.79. The van der Waals surface area contributed by atoms with Gasteiger partial charge in [0.15, 0.2) is 17.6 Å². The van der Waals surface area contributed by atoms with Crippen LogP contribution in [0.25, 0.3) is 6.08 Å². The first-order valence-electron chi connectivity index (χ1n) is 8.84. The number of carbonyl (C=O) groups is 2. The van der Waals surface area contributed by atoms with E-state index in [2.05, 4.69) is 0 Å². The molecule has 0 aliphatic carbocycles. The number of carbonyl (C=O) groups excluding carboxylic acids is 2. The fourth-order valence-electron chi connectivity index (χ4n) is 2.79. The molecule has 2 aromatic carbocycles. The van der Waals surface area contributed by atoms with Crippen molar-refractivity contribution in [3.63, 3.8) is 0 Å². The Balaban J connectivity index is 1.72. The van der Waals surface area contributed by atoms with E-state index in [-0.39, 0.29) is 29.6 Å². The number of rotatable bonds is 6. The van der Waals surface area contributed by atoms with Gasteiger partial charge < -0.3 is 14.2 Å². The summed E-state index contributed by atoms with van der Waals surface area (Å²) in [5.41, 5.74) is 2.38. The number of hydrogen-bond donors (Lipinski definition) is 0.